The maximum atomic E-state index is 12.2. The minimum Gasteiger partial charge on any atom is -0.331 e. The Kier molecular flexibility index (Phi) is 8.73. The number of nitrogens with zero attached hydrogens (tertiary/aromatic N) is 15. The molecular weight excluding hydrogens is 755 g/mol. The summed E-state index contributed by atoms with van der Waals surface area (Å²) < 4.78 is 31.9. The van der Waals surface area contributed by atoms with E-state index in [-0.39, 0.29) is 34.7 Å². The monoisotopic (exact) mass is 793 g/mol. The van der Waals surface area contributed by atoms with Crippen molar-refractivity contribution in [2.75, 3.05) is 6.26 Å². The van der Waals surface area contributed by atoms with Crippen molar-refractivity contribution < 1.29 is 8.42 Å². The van der Waals surface area contributed by atoms with Crippen molar-refractivity contribution in [2.45, 2.75) is 69.4 Å². The number of para-hydroxylation sites is 4. The van der Waals surface area contributed by atoms with E-state index in [0.717, 1.165) is 64.3 Å². The Morgan fingerprint density at radius 1 is 0.621 bits per heavy atom. The van der Waals surface area contributed by atoms with Gasteiger partial charge in [0.2, 0.25) is 20.8 Å². The largest absolute Gasteiger partial charge is 0.331 e. The van der Waals surface area contributed by atoms with Gasteiger partial charge in [-0.25, -0.2) is 38.3 Å². The van der Waals surface area contributed by atoms with E-state index < -0.39 is 9.84 Å². The van der Waals surface area contributed by atoms with Gasteiger partial charge in [-0.05, 0) is 64.8 Å². The molecule has 2 aromatic carbocycles. The van der Waals surface area contributed by atoms with Crippen LogP contribution in [0.3, 0.4) is 0 Å². The van der Waals surface area contributed by atoms with Gasteiger partial charge < -0.3 is 9.13 Å². The lowest BCUT2D eigenvalue weighted by Crippen LogP contribution is -2.12. The molecule has 0 bridgehead atoms. The molecule has 0 spiro atoms. The lowest BCUT2D eigenvalue weighted by molar-refractivity contribution is 0.589. The summed E-state index contributed by atoms with van der Waals surface area (Å²) in [4.78, 5) is 35.7. The van der Waals surface area contributed by atoms with Gasteiger partial charge in [-0.1, -0.05) is 24.3 Å². The number of benzene rings is 2. The predicted molar refractivity (Wildman–Crippen MR) is 212 cm³/mol. The molecule has 10 rings (SSSR count). The lowest BCUT2D eigenvalue weighted by atomic mass is 10.2. The third-order valence-corrected chi connectivity index (χ3v) is 11.6. The van der Waals surface area contributed by atoms with Crippen LogP contribution in [0.25, 0.3) is 33.7 Å². The number of sulfone groups is 1. The molecule has 0 aliphatic heterocycles. The quantitative estimate of drug-likeness (QED) is 0.196. The predicted octanol–water partition coefficient (Wildman–Crippen LogP) is 4.94. The molecule has 58 heavy (non-hydrogen) atoms. The van der Waals surface area contributed by atoms with Crippen molar-refractivity contribution in [1.82, 2.24) is 68.6 Å². The van der Waals surface area contributed by atoms with Gasteiger partial charge in [0.15, 0.2) is 11.6 Å². The van der Waals surface area contributed by atoms with E-state index in [1.54, 1.807) is 23.2 Å². The van der Waals surface area contributed by atoms with E-state index in [2.05, 4.69) is 61.4 Å². The fraction of sp³-hybridized carbons (Fsp3) is 0.325. The average molecular weight is 794 g/mol. The molecule has 4 atom stereocenters. The van der Waals surface area contributed by atoms with Gasteiger partial charge in [-0.2, -0.15) is 24.6 Å². The summed E-state index contributed by atoms with van der Waals surface area (Å²) in [7, 11) is 0.475. The molecule has 0 amide bonds. The maximum absolute atomic E-state index is 12.2. The highest BCUT2D eigenvalue weighted by Crippen LogP contribution is 2.55. The molecule has 2 aliphatic carbocycles. The SMILES string of the molecule is Cc1nc(C)n(-c2cc(C3CC3c3nc4ccccc4n3C)nc(C#N)n2)n1.Cc1nc(C)n(-c2cc(C3CC3c3nc4ccccc4n3C)nc(S(C)(=O)=O)n2)n1. The van der Waals surface area contributed by atoms with Crippen LogP contribution in [0.1, 0.15) is 88.7 Å². The zero-order valence-electron chi connectivity index (χ0n) is 32.9. The highest BCUT2D eigenvalue weighted by molar-refractivity contribution is 7.90. The molecule has 292 valence electrons. The van der Waals surface area contributed by atoms with Gasteiger partial charge in [0.1, 0.15) is 41.0 Å². The van der Waals surface area contributed by atoms with Crippen LogP contribution in [0.2, 0.25) is 0 Å². The molecule has 2 aliphatic rings. The molecule has 17 nitrogen and oxygen atoms in total. The van der Waals surface area contributed by atoms with E-state index in [9.17, 15) is 13.7 Å². The fourth-order valence-corrected chi connectivity index (χ4v) is 8.31. The first-order chi connectivity index (χ1) is 27.8. The lowest BCUT2D eigenvalue weighted by Gasteiger charge is -2.08. The zero-order valence-corrected chi connectivity index (χ0v) is 33.7. The number of imidazole rings is 2. The van der Waals surface area contributed by atoms with Crippen LogP contribution < -0.4 is 0 Å². The number of hydrogen-bond donors (Lipinski definition) is 0. The maximum Gasteiger partial charge on any atom is 0.249 e. The van der Waals surface area contributed by atoms with E-state index in [0.29, 0.717) is 34.8 Å². The van der Waals surface area contributed by atoms with Crippen LogP contribution in [0.4, 0.5) is 0 Å². The second kappa shape index (κ2) is 13.7. The number of aryl methyl sites for hydroxylation is 6. The minimum atomic E-state index is -3.58. The first kappa shape index (κ1) is 36.9. The van der Waals surface area contributed by atoms with Crippen LogP contribution in [0, 0.1) is 39.0 Å². The average Bonchev–Trinajstić information content (AvgIpc) is 4.05. The van der Waals surface area contributed by atoms with Crippen LogP contribution in [0.5, 0.6) is 0 Å². The molecule has 6 heterocycles. The summed E-state index contributed by atoms with van der Waals surface area (Å²) in [5.74, 6) is 6.56. The Morgan fingerprint density at radius 3 is 1.52 bits per heavy atom. The van der Waals surface area contributed by atoms with E-state index in [4.69, 9.17) is 9.97 Å². The summed E-state index contributed by atoms with van der Waals surface area (Å²) >= 11 is 0. The molecule has 0 saturated heterocycles. The first-order valence-electron chi connectivity index (χ1n) is 18.8. The van der Waals surface area contributed by atoms with E-state index >= 15 is 0 Å². The molecule has 18 heteroatoms. The molecule has 6 aromatic heterocycles. The van der Waals surface area contributed by atoms with Crippen molar-refractivity contribution in [3.8, 4) is 17.7 Å². The molecule has 2 fully saturated rings. The highest BCUT2D eigenvalue weighted by atomic mass is 32.2. The third-order valence-electron chi connectivity index (χ3n) is 10.7. The summed E-state index contributed by atoms with van der Waals surface area (Å²) in [6.07, 6.45) is 2.92. The van der Waals surface area contributed by atoms with Crippen LogP contribution in [-0.4, -0.2) is 83.2 Å². The van der Waals surface area contributed by atoms with Gasteiger partial charge in [0, 0.05) is 56.2 Å². The summed E-state index contributed by atoms with van der Waals surface area (Å²) in [6.45, 7) is 7.29. The number of nitriles is 1. The van der Waals surface area contributed by atoms with Gasteiger partial charge >= 0.3 is 0 Å². The molecule has 4 unspecified atom stereocenters. The van der Waals surface area contributed by atoms with Gasteiger partial charge in [-0.15, -0.1) is 10.2 Å². The zero-order chi connectivity index (χ0) is 40.6. The number of hydrogen-bond acceptors (Lipinski definition) is 13. The van der Waals surface area contributed by atoms with E-state index in [1.165, 1.54) is 0 Å². The Bertz CT molecular complexity index is 3080. The number of fused-ring (bicyclic) bond motifs is 2. The summed E-state index contributed by atoms with van der Waals surface area (Å²) in [5, 5.41) is 17.9. The second-order valence-corrected chi connectivity index (χ2v) is 16.9. The standard InChI is InChI=1S/C20H18N8.C20H21N7O2S/c1-11-22-12(2)28(26-11)19-9-16(23-18(10-21)25-19)13-8-14(13)20-24-15-6-4-5-7-17(15)27(20)3;1-11-21-12(2)27(25-11)18-10-16(23-20(24-18)30(4,28)29)13-9-14(13)19-22-15-7-5-6-8-17(15)26(19)3/h4-7,9,13-14H,8H2,1-3H3;5-8,10,13-14H,9H2,1-4H3. The molecule has 2 saturated carbocycles. The van der Waals surface area contributed by atoms with Crippen molar-refractivity contribution >= 4 is 31.9 Å². The topological polar surface area (TPSA) is 207 Å². The van der Waals surface area contributed by atoms with Crippen molar-refractivity contribution in [1.29, 1.82) is 5.26 Å². The van der Waals surface area contributed by atoms with Crippen LogP contribution in [0.15, 0.2) is 65.8 Å². The first-order valence-corrected chi connectivity index (χ1v) is 20.7. The van der Waals surface area contributed by atoms with Crippen LogP contribution >= 0.6 is 0 Å². The highest BCUT2D eigenvalue weighted by Gasteiger charge is 2.45. The number of aromatic nitrogens is 14. The molecule has 0 radical (unpaired) electrons. The molecular formula is C40H39N15O2S. The smallest absolute Gasteiger partial charge is 0.249 e. The molecule has 8 aromatic rings. The summed E-state index contributed by atoms with van der Waals surface area (Å²) in [6, 6.07) is 21.9. The fourth-order valence-electron chi connectivity index (χ4n) is 7.78. The Hall–Kier alpha value is -6.74. The van der Waals surface area contributed by atoms with Gasteiger partial charge in [0.05, 0.1) is 33.5 Å². The number of rotatable bonds is 7. The minimum absolute atomic E-state index is 0.0766. The summed E-state index contributed by atoms with van der Waals surface area (Å²) in [5.41, 5.74) is 5.69. The van der Waals surface area contributed by atoms with Gasteiger partial charge in [-0.3, -0.25) is 0 Å². The Morgan fingerprint density at radius 2 is 1.09 bits per heavy atom. The molecule has 0 N–H and O–H groups in total. The Labute approximate surface area is 333 Å². The third kappa shape index (κ3) is 6.66. The van der Waals surface area contributed by atoms with Gasteiger partial charge in [0.25, 0.3) is 0 Å². The normalized spacial score (nSPS) is 18.6. The van der Waals surface area contributed by atoms with Crippen LogP contribution in [-0.2, 0) is 23.9 Å². The second-order valence-electron chi connectivity index (χ2n) is 15.0. The van der Waals surface area contributed by atoms with E-state index in [1.807, 2.05) is 82.5 Å². The Balaban J connectivity index is 0.000000151. The van der Waals surface area contributed by atoms with Crippen molar-refractivity contribution in [3.63, 3.8) is 0 Å². The van der Waals surface area contributed by atoms with Crippen molar-refractivity contribution in [2.24, 2.45) is 14.1 Å². The van der Waals surface area contributed by atoms with Crippen molar-refractivity contribution in [3.05, 3.63) is 113 Å².